The maximum Gasteiger partial charge on any atom is 0.328 e. The first-order valence-corrected chi connectivity index (χ1v) is 7.86. The molecule has 0 aliphatic rings. The highest BCUT2D eigenvalue weighted by Gasteiger charge is 1.95. The van der Waals surface area contributed by atoms with Crippen molar-refractivity contribution in [1.82, 2.24) is 0 Å². The van der Waals surface area contributed by atoms with Gasteiger partial charge in [0.2, 0.25) is 0 Å². The fourth-order valence-corrected chi connectivity index (χ4v) is 2.09. The van der Waals surface area contributed by atoms with Crippen molar-refractivity contribution in [2.75, 3.05) is 6.61 Å². The van der Waals surface area contributed by atoms with Crippen molar-refractivity contribution in [1.29, 1.82) is 0 Å². The minimum absolute atomic E-state index is 0.748. The van der Waals surface area contributed by atoms with Gasteiger partial charge >= 0.3 is 5.97 Å². The number of ether oxygens (including phenoxy) is 1. The monoisotopic (exact) mass is 290 g/mol. The Labute approximate surface area is 127 Å². The molecule has 0 atom stereocenters. The molecule has 116 valence electrons. The summed E-state index contributed by atoms with van der Waals surface area (Å²) in [4.78, 5) is 10.4. The van der Waals surface area contributed by atoms with Gasteiger partial charge in [-0.25, -0.2) is 4.79 Å². The molecule has 3 nitrogen and oxygen atoms in total. The van der Waals surface area contributed by atoms with Crippen molar-refractivity contribution in [3.63, 3.8) is 0 Å². The Balaban J connectivity index is 2.14. The van der Waals surface area contributed by atoms with Crippen LogP contribution in [0.5, 0.6) is 5.75 Å². The minimum atomic E-state index is -0.936. The molecule has 0 saturated heterocycles. The summed E-state index contributed by atoms with van der Waals surface area (Å²) in [6, 6.07) is 7.48. The van der Waals surface area contributed by atoms with Crippen molar-refractivity contribution < 1.29 is 14.6 Å². The van der Waals surface area contributed by atoms with Gasteiger partial charge in [0.15, 0.2) is 0 Å². The van der Waals surface area contributed by atoms with Crippen LogP contribution in [-0.4, -0.2) is 17.7 Å². The summed E-state index contributed by atoms with van der Waals surface area (Å²) >= 11 is 0. The van der Waals surface area contributed by atoms with E-state index in [0.29, 0.717) is 0 Å². The van der Waals surface area contributed by atoms with Crippen molar-refractivity contribution in [3.8, 4) is 5.75 Å². The molecule has 0 amide bonds. The minimum Gasteiger partial charge on any atom is -0.494 e. The zero-order chi connectivity index (χ0) is 15.3. The van der Waals surface area contributed by atoms with Crippen LogP contribution in [0.25, 0.3) is 6.08 Å². The van der Waals surface area contributed by atoms with Gasteiger partial charge in [-0.2, -0.15) is 0 Å². The van der Waals surface area contributed by atoms with E-state index in [0.717, 1.165) is 30.4 Å². The molecule has 0 aliphatic heterocycles. The van der Waals surface area contributed by atoms with Crippen molar-refractivity contribution >= 4 is 12.0 Å². The predicted octanol–water partition coefficient (Wildman–Crippen LogP) is 4.91. The van der Waals surface area contributed by atoms with Crippen LogP contribution in [0.1, 0.15) is 57.4 Å². The maximum atomic E-state index is 10.4. The van der Waals surface area contributed by atoms with E-state index >= 15 is 0 Å². The summed E-state index contributed by atoms with van der Waals surface area (Å²) in [6.07, 6.45) is 11.6. The fraction of sp³-hybridized carbons (Fsp3) is 0.500. The van der Waals surface area contributed by atoms with Gasteiger partial charge in [0.25, 0.3) is 0 Å². The number of carbonyl (C=O) groups is 1. The third kappa shape index (κ3) is 8.90. The summed E-state index contributed by atoms with van der Waals surface area (Å²) in [5.74, 6) is -0.0947. The lowest BCUT2D eigenvalue weighted by Crippen LogP contribution is -1.97. The Hall–Kier alpha value is -1.77. The average Bonchev–Trinajstić information content (AvgIpc) is 2.49. The fourth-order valence-electron chi connectivity index (χ4n) is 2.09. The molecule has 0 aliphatic carbocycles. The zero-order valence-corrected chi connectivity index (χ0v) is 12.9. The van der Waals surface area contributed by atoms with Crippen LogP contribution in [0.3, 0.4) is 0 Å². The molecule has 0 bridgehead atoms. The number of aliphatic carboxylic acids is 1. The van der Waals surface area contributed by atoms with E-state index in [-0.39, 0.29) is 0 Å². The Kier molecular flexibility index (Phi) is 9.01. The van der Waals surface area contributed by atoms with Gasteiger partial charge in [-0.1, -0.05) is 57.6 Å². The van der Waals surface area contributed by atoms with Gasteiger partial charge in [-0.15, -0.1) is 0 Å². The highest BCUT2D eigenvalue weighted by Crippen LogP contribution is 2.14. The van der Waals surface area contributed by atoms with Gasteiger partial charge in [0.05, 0.1) is 6.61 Å². The van der Waals surface area contributed by atoms with Crippen molar-refractivity contribution in [2.45, 2.75) is 51.9 Å². The largest absolute Gasteiger partial charge is 0.494 e. The quantitative estimate of drug-likeness (QED) is 0.465. The molecule has 3 heteroatoms. The molecule has 0 fully saturated rings. The lowest BCUT2D eigenvalue weighted by molar-refractivity contribution is -0.131. The molecule has 1 aromatic rings. The molecule has 0 aromatic heterocycles. The number of hydrogen-bond donors (Lipinski definition) is 1. The molecule has 0 heterocycles. The molecule has 0 radical (unpaired) electrons. The second-order valence-corrected chi connectivity index (χ2v) is 5.21. The van der Waals surface area contributed by atoms with Crippen LogP contribution in [0.15, 0.2) is 30.3 Å². The number of hydrogen-bond acceptors (Lipinski definition) is 2. The average molecular weight is 290 g/mol. The molecule has 21 heavy (non-hydrogen) atoms. The molecular formula is C18H26O3. The van der Waals surface area contributed by atoms with Crippen LogP contribution < -0.4 is 4.74 Å². The molecule has 0 saturated carbocycles. The molecule has 1 rings (SSSR count). The zero-order valence-electron chi connectivity index (χ0n) is 12.9. The third-order valence-electron chi connectivity index (χ3n) is 3.32. The Bertz CT molecular complexity index is 421. The van der Waals surface area contributed by atoms with Gasteiger partial charge in [0.1, 0.15) is 5.75 Å². The lowest BCUT2D eigenvalue weighted by atomic mass is 10.1. The standard InChI is InChI=1S/C18H26O3/c1-2-3-4-5-6-7-8-15-21-17-12-9-16(10-13-17)11-14-18(19)20/h9-14H,2-8,15H2,1H3,(H,19,20)/b14-11+. The summed E-state index contributed by atoms with van der Waals surface area (Å²) in [7, 11) is 0. The van der Waals surface area contributed by atoms with Crippen molar-refractivity contribution in [3.05, 3.63) is 35.9 Å². The van der Waals surface area contributed by atoms with Crippen LogP contribution >= 0.6 is 0 Å². The van der Waals surface area contributed by atoms with E-state index in [1.807, 2.05) is 24.3 Å². The Morgan fingerprint density at radius 2 is 1.67 bits per heavy atom. The third-order valence-corrected chi connectivity index (χ3v) is 3.32. The van der Waals surface area contributed by atoms with E-state index in [1.165, 1.54) is 38.5 Å². The number of rotatable bonds is 11. The molecular weight excluding hydrogens is 264 g/mol. The Morgan fingerprint density at radius 1 is 1.05 bits per heavy atom. The number of unbranched alkanes of at least 4 members (excludes halogenated alkanes) is 6. The highest BCUT2D eigenvalue weighted by molar-refractivity contribution is 5.85. The SMILES string of the molecule is CCCCCCCCCOc1ccc(/C=C/C(=O)O)cc1. The summed E-state index contributed by atoms with van der Waals surface area (Å²) < 4.78 is 5.67. The smallest absolute Gasteiger partial charge is 0.328 e. The first-order valence-electron chi connectivity index (χ1n) is 7.86. The lowest BCUT2D eigenvalue weighted by Gasteiger charge is -2.06. The number of carboxylic acid groups (broad SMARTS) is 1. The topological polar surface area (TPSA) is 46.5 Å². The van der Waals surface area contributed by atoms with Gasteiger partial charge in [-0.05, 0) is 30.2 Å². The molecule has 1 N–H and O–H groups in total. The van der Waals surface area contributed by atoms with E-state index in [1.54, 1.807) is 6.08 Å². The van der Waals surface area contributed by atoms with E-state index < -0.39 is 5.97 Å². The summed E-state index contributed by atoms with van der Waals surface area (Å²) in [6.45, 7) is 2.98. The maximum absolute atomic E-state index is 10.4. The van der Waals surface area contributed by atoms with E-state index in [2.05, 4.69) is 6.92 Å². The second-order valence-electron chi connectivity index (χ2n) is 5.21. The van der Waals surface area contributed by atoms with Crippen LogP contribution in [0.2, 0.25) is 0 Å². The highest BCUT2D eigenvalue weighted by atomic mass is 16.5. The van der Waals surface area contributed by atoms with E-state index in [9.17, 15) is 4.79 Å². The van der Waals surface area contributed by atoms with Gasteiger partial charge in [0, 0.05) is 6.08 Å². The van der Waals surface area contributed by atoms with Gasteiger partial charge in [-0.3, -0.25) is 0 Å². The second kappa shape index (κ2) is 11.0. The molecule has 1 aromatic carbocycles. The molecule has 0 unspecified atom stereocenters. The predicted molar refractivity (Wildman–Crippen MR) is 86.6 cm³/mol. The van der Waals surface area contributed by atoms with Crippen LogP contribution in [-0.2, 0) is 4.79 Å². The number of benzene rings is 1. The van der Waals surface area contributed by atoms with Crippen LogP contribution in [0, 0.1) is 0 Å². The normalized spacial score (nSPS) is 10.9. The van der Waals surface area contributed by atoms with Crippen LogP contribution in [0.4, 0.5) is 0 Å². The van der Waals surface area contributed by atoms with E-state index in [4.69, 9.17) is 9.84 Å². The summed E-state index contributed by atoms with van der Waals surface area (Å²) in [5, 5.41) is 8.55. The number of carboxylic acids is 1. The first kappa shape index (κ1) is 17.3. The van der Waals surface area contributed by atoms with Crippen molar-refractivity contribution in [2.24, 2.45) is 0 Å². The molecule has 0 spiro atoms. The van der Waals surface area contributed by atoms with Gasteiger partial charge < -0.3 is 9.84 Å². The summed E-state index contributed by atoms with van der Waals surface area (Å²) in [5.41, 5.74) is 0.862. The Morgan fingerprint density at radius 3 is 2.29 bits per heavy atom. The first-order chi connectivity index (χ1) is 10.2.